The van der Waals surface area contributed by atoms with E-state index in [1.807, 2.05) is 30.3 Å². The van der Waals surface area contributed by atoms with E-state index in [0.717, 1.165) is 30.6 Å². The molecule has 4 nitrogen and oxygen atoms in total. The third-order valence-corrected chi connectivity index (χ3v) is 3.47. The van der Waals surface area contributed by atoms with Gasteiger partial charge in [0.05, 0.1) is 18.7 Å². The highest BCUT2D eigenvalue weighted by atomic mass is 16.5. The summed E-state index contributed by atoms with van der Waals surface area (Å²) in [6.45, 7) is 0. The summed E-state index contributed by atoms with van der Waals surface area (Å²) in [7, 11) is 1.63. The van der Waals surface area contributed by atoms with Crippen molar-refractivity contribution in [3.05, 3.63) is 29.8 Å². The van der Waals surface area contributed by atoms with Crippen LogP contribution < -0.4 is 10.1 Å². The number of amides is 1. The summed E-state index contributed by atoms with van der Waals surface area (Å²) < 4.78 is 5.12. The summed E-state index contributed by atoms with van der Waals surface area (Å²) in [6.07, 6.45) is 2.86. The molecule has 0 atom stereocenters. The van der Waals surface area contributed by atoms with E-state index in [9.17, 15) is 4.79 Å². The second-order valence-corrected chi connectivity index (χ2v) is 4.55. The first-order valence-electron chi connectivity index (χ1n) is 6.03. The van der Waals surface area contributed by atoms with Gasteiger partial charge in [-0.25, -0.2) is 0 Å². The maximum Gasteiger partial charge on any atom is 0.234 e. The molecule has 0 aromatic heterocycles. The summed E-state index contributed by atoms with van der Waals surface area (Å²) in [6, 6.07) is 9.62. The van der Waals surface area contributed by atoms with Crippen LogP contribution in [-0.2, 0) is 10.3 Å². The van der Waals surface area contributed by atoms with E-state index in [-0.39, 0.29) is 17.9 Å². The fraction of sp³-hybridized carbons (Fsp3) is 0.429. The van der Waals surface area contributed by atoms with Gasteiger partial charge < -0.3 is 10.1 Å². The Morgan fingerprint density at radius 2 is 2.11 bits per heavy atom. The zero-order valence-electron chi connectivity index (χ0n) is 10.4. The Kier molecular flexibility index (Phi) is 3.52. The van der Waals surface area contributed by atoms with Gasteiger partial charge in [0.25, 0.3) is 0 Å². The van der Waals surface area contributed by atoms with Crippen LogP contribution in [0.5, 0.6) is 5.75 Å². The zero-order chi connectivity index (χ0) is 13.0. The first-order valence-corrected chi connectivity index (χ1v) is 6.03. The van der Waals surface area contributed by atoms with Crippen LogP contribution in [-0.4, -0.2) is 13.0 Å². The summed E-state index contributed by atoms with van der Waals surface area (Å²) >= 11 is 0. The van der Waals surface area contributed by atoms with Crippen LogP contribution >= 0.6 is 0 Å². The number of rotatable bonds is 4. The number of nitriles is 1. The minimum absolute atomic E-state index is 0.0854. The summed E-state index contributed by atoms with van der Waals surface area (Å²) in [5.41, 5.74) is 0.807. The van der Waals surface area contributed by atoms with Crippen molar-refractivity contribution >= 4 is 5.91 Å². The normalized spacial score (nSPS) is 16.2. The number of methoxy groups -OCH3 is 1. The van der Waals surface area contributed by atoms with Gasteiger partial charge in [-0.1, -0.05) is 12.1 Å². The Bertz CT molecular complexity index is 470. The first kappa shape index (κ1) is 12.4. The Morgan fingerprint density at radius 3 is 2.56 bits per heavy atom. The number of nitrogens with one attached hydrogen (secondary N) is 1. The van der Waals surface area contributed by atoms with Crippen molar-refractivity contribution < 1.29 is 9.53 Å². The molecule has 0 radical (unpaired) electrons. The van der Waals surface area contributed by atoms with Crippen LogP contribution in [0.25, 0.3) is 0 Å². The molecule has 0 aliphatic heterocycles. The Hall–Kier alpha value is -2.02. The Balaban J connectivity index is 2.16. The van der Waals surface area contributed by atoms with E-state index in [2.05, 4.69) is 5.32 Å². The minimum atomic E-state index is -0.278. The number of hydrogen-bond donors (Lipinski definition) is 1. The molecule has 94 valence electrons. The van der Waals surface area contributed by atoms with Gasteiger partial charge in [0.1, 0.15) is 12.2 Å². The molecule has 0 unspecified atom stereocenters. The summed E-state index contributed by atoms with van der Waals surface area (Å²) in [5.74, 6) is 0.601. The lowest BCUT2D eigenvalue weighted by atomic mass is 9.71. The Labute approximate surface area is 107 Å². The lowest BCUT2D eigenvalue weighted by Gasteiger charge is -2.43. The Morgan fingerprint density at radius 1 is 1.44 bits per heavy atom. The number of benzene rings is 1. The molecule has 0 bridgehead atoms. The molecule has 0 heterocycles. The van der Waals surface area contributed by atoms with E-state index < -0.39 is 0 Å². The van der Waals surface area contributed by atoms with Gasteiger partial charge >= 0.3 is 0 Å². The van der Waals surface area contributed by atoms with Crippen molar-refractivity contribution in [2.75, 3.05) is 7.11 Å². The average molecular weight is 244 g/mol. The van der Waals surface area contributed by atoms with Crippen molar-refractivity contribution in [3.8, 4) is 11.8 Å². The van der Waals surface area contributed by atoms with Crippen molar-refractivity contribution in [2.24, 2.45) is 0 Å². The van der Waals surface area contributed by atoms with Crippen LogP contribution in [0.2, 0.25) is 0 Å². The standard InChI is InChI=1S/C14H16N2O2/c1-18-12-5-3-11(4-6-12)14(8-2-9-14)16-13(17)7-10-15/h3-6H,2,7-9H2,1H3,(H,16,17). The lowest BCUT2D eigenvalue weighted by molar-refractivity contribution is -0.123. The maximum atomic E-state index is 11.6. The molecule has 1 aliphatic rings. The largest absolute Gasteiger partial charge is 0.497 e. The monoisotopic (exact) mass is 244 g/mol. The number of carbonyl (C=O) groups is 1. The first-order chi connectivity index (χ1) is 8.70. The number of carbonyl (C=O) groups excluding carboxylic acids is 1. The molecular formula is C14H16N2O2. The minimum Gasteiger partial charge on any atom is -0.497 e. The van der Waals surface area contributed by atoms with E-state index in [1.54, 1.807) is 7.11 Å². The van der Waals surface area contributed by atoms with Gasteiger partial charge in [-0.2, -0.15) is 5.26 Å². The molecule has 1 fully saturated rings. The van der Waals surface area contributed by atoms with Crippen molar-refractivity contribution in [1.29, 1.82) is 5.26 Å². The van der Waals surface area contributed by atoms with Gasteiger partial charge in [0.15, 0.2) is 0 Å². The van der Waals surface area contributed by atoms with E-state index in [1.165, 1.54) is 0 Å². The van der Waals surface area contributed by atoms with Gasteiger partial charge in [0, 0.05) is 0 Å². The van der Waals surface area contributed by atoms with Crippen LogP contribution in [0.3, 0.4) is 0 Å². The SMILES string of the molecule is COc1ccc(C2(NC(=O)CC#N)CCC2)cc1. The molecule has 1 aliphatic carbocycles. The van der Waals surface area contributed by atoms with Gasteiger partial charge in [-0.3, -0.25) is 4.79 Å². The quantitative estimate of drug-likeness (QED) is 0.882. The molecular weight excluding hydrogens is 228 g/mol. The molecule has 0 saturated heterocycles. The van der Waals surface area contributed by atoms with E-state index in [0.29, 0.717) is 0 Å². The van der Waals surface area contributed by atoms with Crippen LogP contribution in [0.15, 0.2) is 24.3 Å². The van der Waals surface area contributed by atoms with E-state index >= 15 is 0 Å². The number of nitrogens with zero attached hydrogens (tertiary/aromatic N) is 1. The van der Waals surface area contributed by atoms with Crippen LogP contribution in [0.4, 0.5) is 0 Å². The molecule has 1 aromatic rings. The average Bonchev–Trinajstić information content (AvgIpc) is 2.34. The number of hydrogen-bond acceptors (Lipinski definition) is 3. The van der Waals surface area contributed by atoms with Gasteiger partial charge in [-0.05, 0) is 37.0 Å². The third kappa shape index (κ3) is 2.30. The van der Waals surface area contributed by atoms with Crippen molar-refractivity contribution in [1.82, 2.24) is 5.32 Å². The maximum absolute atomic E-state index is 11.6. The molecule has 18 heavy (non-hydrogen) atoms. The van der Waals surface area contributed by atoms with Crippen molar-refractivity contribution in [3.63, 3.8) is 0 Å². The van der Waals surface area contributed by atoms with E-state index in [4.69, 9.17) is 10.00 Å². The third-order valence-electron chi connectivity index (χ3n) is 3.47. The van der Waals surface area contributed by atoms with Crippen LogP contribution in [0, 0.1) is 11.3 Å². The lowest BCUT2D eigenvalue weighted by Crippen LogP contribution is -2.50. The topological polar surface area (TPSA) is 62.1 Å². The molecule has 1 saturated carbocycles. The van der Waals surface area contributed by atoms with Gasteiger partial charge in [-0.15, -0.1) is 0 Å². The molecule has 1 amide bonds. The molecule has 2 rings (SSSR count). The van der Waals surface area contributed by atoms with Gasteiger partial charge in [0.2, 0.25) is 5.91 Å². The van der Waals surface area contributed by atoms with Crippen LogP contribution in [0.1, 0.15) is 31.2 Å². The number of ether oxygens (including phenoxy) is 1. The highest BCUT2D eigenvalue weighted by molar-refractivity contribution is 5.79. The predicted octanol–water partition coefficient (Wildman–Crippen LogP) is 2.10. The highest BCUT2D eigenvalue weighted by Crippen LogP contribution is 2.41. The molecule has 1 aromatic carbocycles. The molecule has 1 N–H and O–H groups in total. The highest BCUT2D eigenvalue weighted by Gasteiger charge is 2.39. The summed E-state index contributed by atoms with van der Waals surface area (Å²) in [4.78, 5) is 11.6. The predicted molar refractivity (Wildman–Crippen MR) is 66.9 cm³/mol. The molecule has 0 spiro atoms. The summed E-state index contributed by atoms with van der Waals surface area (Å²) in [5, 5.41) is 11.5. The molecule has 4 heteroatoms. The van der Waals surface area contributed by atoms with Crippen molar-refractivity contribution in [2.45, 2.75) is 31.2 Å². The smallest absolute Gasteiger partial charge is 0.234 e. The fourth-order valence-corrected chi connectivity index (χ4v) is 2.31. The second kappa shape index (κ2) is 5.09. The fourth-order valence-electron chi connectivity index (χ4n) is 2.31. The zero-order valence-corrected chi connectivity index (χ0v) is 10.4. The second-order valence-electron chi connectivity index (χ2n) is 4.55.